The monoisotopic (exact) mass is 336 g/mol. The molecule has 0 aromatic heterocycles. The molecule has 1 heterocycles. The third-order valence-electron chi connectivity index (χ3n) is 4.95. The molecule has 1 N–H and O–H groups in total. The van der Waals surface area contributed by atoms with Crippen molar-refractivity contribution in [2.75, 3.05) is 13.1 Å². The molecule has 0 bridgehead atoms. The number of sulfonamides is 1. The molecule has 2 fully saturated rings. The smallest absolute Gasteiger partial charge is 0.240 e. The van der Waals surface area contributed by atoms with Crippen LogP contribution in [0.3, 0.4) is 0 Å². The standard InChI is InChI=1S/C17H24N2O3S/c1-13(20)14-6-8-17(9-7-14)23(21,22)18-15-10-11-19(12-15)16-4-2-3-5-16/h6-9,15-16,18H,2-5,10-12H2,1H3/t15-/m1/s1. The minimum absolute atomic E-state index is 0.0203. The first kappa shape index (κ1) is 16.6. The Labute approximate surface area is 138 Å². The first-order chi connectivity index (χ1) is 11.0. The predicted molar refractivity (Wildman–Crippen MR) is 89.0 cm³/mol. The summed E-state index contributed by atoms with van der Waals surface area (Å²) in [6, 6.07) is 6.76. The summed E-state index contributed by atoms with van der Waals surface area (Å²) in [7, 11) is -3.52. The van der Waals surface area contributed by atoms with E-state index in [0.29, 0.717) is 11.6 Å². The van der Waals surface area contributed by atoms with Gasteiger partial charge in [0.15, 0.2) is 5.78 Å². The molecule has 0 unspecified atom stereocenters. The van der Waals surface area contributed by atoms with Crippen molar-refractivity contribution in [2.24, 2.45) is 0 Å². The van der Waals surface area contributed by atoms with Crippen LogP contribution in [0.2, 0.25) is 0 Å². The molecule has 3 rings (SSSR count). The van der Waals surface area contributed by atoms with Crippen molar-refractivity contribution in [1.29, 1.82) is 0 Å². The van der Waals surface area contributed by atoms with Gasteiger partial charge in [-0.2, -0.15) is 0 Å². The van der Waals surface area contributed by atoms with Gasteiger partial charge in [0.05, 0.1) is 4.90 Å². The van der Waals surface area contributed by atoms with E-state index in [-0.39, 0.29) is 16.7 Å². The van der Waals surface area contributed by atoms with Crippen molar-refractivity contribution >= 4 is 15.8 Å². The highest BCUT2D eigenvalue weighted by molar-refractivity contribution is 7.89. The fraction of sp³-hybridized carbons (Fsp3) is 0.588. The molecule has 23 heavy (non-hydrogen) atoms. The summed E-state index contributed by atoms with van der Waals surface area (Å²) in [4.78, 5) is 13.9. The Morgan fingerprint density at radius 2 is 1.78 bits per heavy atom. The van der Waals surface area contributed by atoms with E-state index < -0.39 is 10.0 Å². The second-order valence-corrected chi connectivity index (χ2v) is 8.33. The number of carbonyl (C=O) groups excluding carboxylic acids is 1. The Morgan fingerprint density at radius 1 is 1.13 bits per heavy atom. The van der Waals surface area contributed by atoms with Crippen molar-refractivity contribution in [3.63, 3.8) is 0 Å². The van der Waals surface area contributed by atoms with E-state index in [0.717, 1.165) is 19.5 Å². The van der Waals surface area contributed by atoms with Crippen molar-refractivity contribution in [3.05, 3.63) is 29.8 Å². The van der Waals surface area contributed by atoms with Crippen LogP contribution >= 0.6 is 0 Å². The maximum atomic E-state index is 12.5. The zero-order valence-electron chi connectivity index (χ0n) is 13.5. The average molecular weight is 336 g/mol. The number of likely N-dealkylation sites (tertiary alicyclic amines) is 1. The molecule has 1 saturated heterocycles. The lowest BCUT2D eigenvalue weighted by molar-refractivity contribution is 0.101. The number of Topliss-reactive ketones (excluding diaryl/α,β-unsaturated/α-hetero) is 1. The molecule has 1 aromatic rings. The summed E-state index contributed by atoms with van der Waals surface area (Å²) in [5.41, 5.74) is 0.525. The highest BCUT2D eigenvalue weighted by Gasteiger charge is 2.32. The maximum absolute atomic E-state index is 12.5. The normalized spacial score (nSPS) is 23.4. The second-order valence-electron chi connectivity index (χ2n) is 6.62. The Morgan fingerprint density at radius 3 is 2.39 bits per heavy atom. The van der Waals surface area contributed by atoms with Crippen LogP contribution in [0, 0.1) is 0 Å². The van der Waals surface area contributed by atoms with Gasteiger partial charge in [0.25, 0.3) is 0 Å². The Kier molecular flexibility index (Phi) is 4.85. The second kappa shape index (κ2) is 6.71. The number of hydrogen-bond acceptors (Lipinski definition) is 4. The van der Waals surface area contributed by atoms with Gasteiger partial charge in [-0.15, -0.1) is 0 Å². The Bertz CT molecular complexity index is 664. The summed E-state index contributed by atoms with van der Waals surface area (Å²) in [5, 5.41) is 0. The molecule has 1 aliphatic carbocycles. The van der Waals surface area contributed by atoms with E-state index in [9.17, 15) is 13.2 Å². The molecule has 126 valence electrons. The van der Waals surface area contributed by atoms with Gasteiger partial charge in [-0.05, 0) is 38.3 Å². The van der Waals surface area contributed by atoms with Gasteiger partial charge in [-0.3, -0.25) is 9.69 Å². The molecule has 5 nitrogen and oxygen atoms in total. The van der Waals surface area contributed by atoms with Gasteiger partial charge < -0.3 is 0 Å². The van der Waals surface area contributed by atoms with Crippen molar-refractivity contribution in [1.82, 2.24) is 9.62 Å². The average Bonchev–Trinajstić information content (AvgIpc) is 3.18. The molecule has 0 spiro atoms. The Hall–Kier alpha value is -1.24. The van der Waals surface area contributed by atoms with Crippen molar-refractivity contribution in [2.45, 2.75) is 56.0 Å². The molecule has 2 aliphatic rings. The highest BCUT2D eigenvalue weighted by Crippen LogP contribution is 2.27. The fourth-order valence-corrected chi connectivity index (χ4v) is 4.90. The van der Waals surface area contributed by atoms with Crippen molar-refractivity contribution < 1.29 is 13.2 Å². The predicted octanol–water partition coefficient (Wildman–Crippen LogP) is 2.18. The molecule has 6 heteroatoms. The van der Waals surface area contributed by atoms with Gasteiger partial charge in [0.1, 0.15) is 0 Å². The third-order valence-corrected chi connectivity index (χ3v) is 6.49. The number of nitrogens with zero attached hydrogens (tertiary/aromatic N) is 1. The SMILES string of the molecule is CC(=O)c1ccc(S(=O)(=O)N[C@@H]2CCN(C3CCCC3)C2)cc1. The molecule has 1 aliphatic heterocycles. The van der Waals surface area contributed by atoms with Gasteiger partial charge in [-0.25, -0.2) is 13.1 Å². The topological polar surface area (TPSA) is 66.5 Å². The number of rotatable bonds is 5. The van der Waals surface area contributed by atoms with E-state index in [4.69, 9.17) is 0 Å². The van der Waals surface area contributed by atoms with Gasteiger partial charge >= 0.3 is 0 Å². The fourth-order valence-electron chi connectivity index (χ4n) is 3.64. The summed E-state index contributed by atoms with van der Waals surface area (Å²) in [6.07, 6.45) is 5.93. The van der Waals surface area contributed by atoms with Crippen LogP contribution in [0.5, 0.6) is 0 Å². The van der Waals surface area contributed by atoms with Crippen LogP contribution in [-0.2, 0) is 10.0 Å². The molecule has 1 saturated carbocycles. The lowest BCUT2D eigenvalue weighted by Gasteiger charge is -2.23. The summed E-state index contributed by atoms with van der Waals surface area (Å²) in [5.74, 6) is -0.0649. The van der Waals surface area contributed by atoms with Crippen LogP contribution in [0.15, 0.2) is 29.2 Å². The third kappa shape index (κ3) is 3.82. The number of carbonyl (C=O) groups is 1. The zero-order valence-corrected chi connectivity index (χ0v) is 14.3. The summed E-state index contributed by atoms with van der Waals surface area (Å²) < 4.78 is 27.8. The summed E-state index contributed by atoms with van der Waals surface area (Å²) >= 11 is 0. The van der Waals surface area contributed by atoms with E-state index in [1.54, 1.807) is 12.1 Å². The number of benzene rings is 1. The molecular weight excluding hydrogens is 312 g/mol. The number of nitrogens with one attached hydrogen (secondary N) is 1. The molecular formula is C17H24N2O3S. The van der Waals surface area contributed by atoms with E-state index in [1.165, 1.54) is 44.7 Å². The molecule has 0 radical (unpaired) electrons. The number of hydrogen-bond donors (Lipinski definition) is 1. The minimum atomic E-state index is -3.52. The van der Waals surface area contributed by atoms with Crippen LogP contribution in [0.25, 0.3) is 0 Å². The molecule has 0 amide bonds. The van der Waals surface area contributed by atoms with E-state index in [1.807, 2.05) is 0 Å². The quantitative estimate of drug-likeness (QED) is 0.837. The lowest BCUT2D eigenvalue weighted by Crippen LogP contribution is -2.39. The molecule has 1 aromatic carbocycles. The summed E-state index contributed by atoms with van der Waals surface area (Å²) in [6.45, 7) is 3.24. The van der Waals surface area contributed by atoms with Crippen molar-refractivity contribution in [3.8, 4) is 0 Å². The van der Waals surface area contributed by atoms with Crippen LogP contribution in [-0.4, -0.2) is 44.3 Å². The first-order valence-electron chi connectivity index (χ1n) is 8.33. The zero-order chi connectivity index (χ0) is 16.4. The lowest BCUT2D eigenvalue weighted by atomic mass is 10.2. The van der Waals surface area contributed by atoms with Crippen LogP contribution in [0.1, 0.15) is 49.4 Å². The largest absolute Gasteiger partial charge is 0.299 e. The van der Waals surface area contributed by atoms with Gasteiger partial charge in [0.2, 0.25) is 10.0 Å². The maximum Gasteiger partial charge on any atom is 0.240 e. The first-order valence-corrected chi connectivity index (χ1v) is 9.81. The van der Waals surface area contributed by atoms with Crippen LogP contribution in [0.4, 0.5) is 0 Å². The number of ketones is 1. The van der Waals surface area contributed by atoms with Gasteiger partial charge in [0, 0.05) is 30.7 Å². The Balaban J connectivity index is 1.63. The molecule has 1 atom stereocenters. The highest BCUT2D eigenvalue weighted by atomic mass is 32.2. The van der Waals surface area contributed by atoms with E-state index in [2.05, 4.69) is 9.62 Å². The van der Waals surface area contributed by atoms with Gasteiger partial charge in [-0.1, -0.05) is 25.0 Å². The van der Waals surface area contributed by atoms with E-state index >= 15 is 0 Å². The van der Waals surface area contributed by atoms with Crippen LogP contribution < -0.4 is 4.72 Å². The minimum Gasteiger partial charge on any atom is -0.299 e.